The van der Waals surface area contributed by atoms with E-state index in [-0.39, 0.29) is 25.8 Å². The molecule has 1 fully saturated rings. The molecule has 0 spiro atoms. The standard InChI is InChI=1S/C39H74N4O11/c1-3-4-5-6-7-8-9-10-11-12-13-14-15-16-17-18-19-20-21-22-32(46)54-33(47)24-23-29(37(41)49)43-38(50)30(26-44)42-25-28(2)52-36-34(40)39(51)53-31(27-45)35(36)48/h28-31,34-36,39,42,44-45,48,51H,3-27,40H2,1-2H3,(H2,41,49)(H,43,50)/t28?,29-,30+,31-,34-,35-,36-,39+/m1/s1. The quantitative estimate of drug-likeness (QED) is 0.0272. The van der Waals surface area contributed by atoms with Crippen molar-refractivity contribution < 1.29 is 53.8 Å². The first kappa shape index (κ1) is 49.8. The number of primary amides is 1. The van der Waals surface area contributed by atoms with Crippen LogP contribution in [0, 0.1) is 0 Å². The highest BCUT2D eigenvalue weighted by molar-refractivity contribution is 5.90. The van der Waals surface area contributed by atoms with Gasteiger partial charge in [0.25, 0.3) is 0 Å². The van der Waals surface area contributed by atoms with Gasteiger partial charge in [0.15, 0.2) is 6.29 Å². The molecule has 0 bridgehead atoms. The van der Waals surface area contributed by atoms with Crippen molar-refractivity contribution in [1.29, 1.82) is 0 Å². The summed E-state index contributed by atoms with van der Waals surface area (Å²) in [6.07, 6.45) is 17.6. The van der Waals surface area contributed by atoms with Gasteiger partial charge in [0.1, 0.15) is 30.4 Å². The number of carbonyl (C=O) groups is 4. The van der Waals surface area contributed by atoms with Crippen LogP contribution < -0.4 is 22.1 Å². The van der Waals surface area contributed by atoms with Crippen LogP contribution in [-0.2, 0) is 33.4 Å². The fourth-order valence-corrected chi connectivity index (χ4v) is 6.54. The van der Waals surface area contributed by atoms with Gasteiger partial charge in [-0.15, -0.1) is 0 Å². The Balaban J connectivity index is 2.18. The molecule has 0 aromatic carbocycles. The van der Waals surface area contributed by atoms with Crippen LogP contribution in [0.15, 0.2) is 0 Å². The van der Waals surface area contributed by atoms with E-state index in [1.165, 1.54) is 96.3 Å². The van der Waals surface area contributed by atoms with E-state index in [0.29, 0.717) is 6.42 Å². The van der Waals surface area contributed by atoms with Crippen LogP contribution >= 0.6 is 0 Å². The number of carbonyl (C=O) groups excluding carboxylic acids is 4. The average Bonchev–Trinajstić information content (AvgIpc) is 3.14. The second kappa shape index (κ2) is 30.9. The fourth-order valence-electron chi connectivity index (χ4n) is 6.54. The Hall–Kier alpha value is -2.24. The minimum absolute atomic E-state index is 0.0233. The van der Waals surface area contributed by atoms with Crippen molar-refractivity contribution in [2.75, 3.05) is 19.8 Å². The molecule has 0 saturated carbocycles. The lowest BCUT2D eigenvalue weighted by Gasteiger charge is -2.41. The summed E-state index contributed by atoms with van der Waals surface area (Å²) in [6.45, 7) is 2.59. The van der Waals surface area contributed by atoms with Crippen molar-refractivity contribution in [3.8, 4) is 0 Å². The molecule has 54 heavy (non-hydrogen) atoms. The van der Waals surface area contributed by atoms with Crippen LogP contribution in [0.1, 0.15) is 155 Å². The Morgan fingerprint density at radius 2 is 1.22 bits per heavy atom. The Labute approximate surface area is 323 Å². The minimum atomic E-state index is -1.48. The number of aliphatic hydroxyl groups is 4. The first-order valence-corrected chi connectivity index (χ1v) is 20.7. The molecule has 1 rings (SSSR count). The van der Waals surface area contributed by atoms with Gasteiger partial charge in [-0.25, -0.2) is 0 Å². The van der Waals surface area contributed by atoms with Crippen LogP contribution in [0.25, 0.3) is 0 Å². The summed E-state index contributed by atoms with van der Waals surface area (Å²) in [5.41, 5.74) is 11.3. The van der Waals surface area contributed by atoms with Crippen LogP contribution in [0.3, 0.4) is 0 Å². The summed E-state index contributed by atoms with van der Waals surface area (Å²) in [6, 6.07) is -3.58. The van der Waals surface area contributed by atoms with E-state index in [2.05, 4.69) is 17.6 Å². The monoisotopic (exact) mass is 775 g/mol. The van der Waals surface area contributed by atoms with Gasteiger partial charge in [0, 0.05) is 19.4 Å². The molecule has 0 aliphatic carbocycles. The smallest absolute Gasteiger partial charge is 0.313 e. The topological polar surface area (TPSA) is 253 Å². The molecule has 15 nitrogen and oxygen atoms in total. The van der Waals surface area contributed by atoms with E-state index >= 15 is 0 Å². The zero-order valence-corrected chi connectivity index (χ0v) is 33.1. The molecule has 1 aliphatic rings. The largest absolute Gasteiger partial charge is 0.394 e. The van der Waals surface area contributed by atoms with Gasteiger partial charge in [-0.2, -0.15) is 0 Å². The van der Waals surface area contributed by atoms with Crippen LogP contribution in [0.5, 0.6) is 0 Å². The molecule has 1 heterocycles. The van der Waals surface area contributed by atoms with Crippen molar-refractivity contribution in [3.05, 3.63) is 0 Å². The van der Waals surface area contributed by atoms with E-state index < -0.39 is 85.8 Å². The number of hydrogen-bond acceptors (Lipinski definition) is 13. The van der Waals surface area contributed by atoms with Gasteiger partial charge < -0.3 is 56.7 Å². The molecule has 1 unspecified atom stereocenters. The fraction of sp³-hybridized carbons (Fsp3) is 0.897. The highest BCUT2D eigenvalue weighted by atomic mass is 16.6. The van der Waals surface area contributed by atoms with E-state index in [1.807, 2.05) is 0 Å². The Bertz CT molecular complexity index is 1020. The van der Waals surface area contributed by atoms with Gasteiger partial charge in [0.05, 0.1) is 25.4 Å². The molecule has 8 atom stereocenters. The lowest BCUT2D eigenvalue weighted by atomic mass is 9.97. The lowest BCUT2D eigenvalue weighted by molar-refractivity contribution is -0.262. The normalized spacial score (nSPS) is 21.6. The molecule has 1 aliphatic heterocycles. The second-order valence-electron chi connectivity index (χ2n) is 14.8. The second-order valence-corrected chi connectivity index (χ2v) is 14.8. The maximum absolute atomic E-state index is 12.8. The van der Waals surface area contributed by atoms with E-state index in [4.69, 9.17) is 25.7 Å². The number of ether oxygens (including phenoxy) is 3. The van der Waals surface area contributed by atoms with Crippen molar-refractivity contribution in [1.82, 2.24) is 10.6 Å². The van der Waals surface area contributed by atoms with E-state index in [1.54, 1.807) is 6.92 Å². The van der Waals surface area contributed by atoms with Crippen molar-refractivity contribution >= 4 is 23.8 Å². The summed E-state index contributed by atoms with van der Waals surface area (Å²) in [5, 5.41) is 44.7. The lowest BCUT2D eigenvalue weighted by Crippen LogP contribution is -2.63. The Morgan fingerprint density at radius 3 is 1.69 bits per heavy atom. The maximum Gasteiger partial charge on any atom is 0.313 e. The number of nitrogens with two attached hydrogens (primary N) is 2. The maximum atomic E-state index is 12.8. The summed E-state index contributed by atoms with van der Waals surface area (Å²) in [5.74, 6) is -3.16. The summed E-state index contributed by atoms with van der Waals surface area (Å²) in [4.78, 5) is 49.2. The van der Waals surface area contributed by atoms with Crippen LogP contribution in [0.4, 0.5) is 0 Å². The van der Waals surface area contributed by atoms with Gasteiger partial charge in [0.2, 0.25) is 11.8 Å². The van der Waals surface area contributed by atoms with Gasteiger partial charge >= 0.3 is 11.9 Å². The number of unbranched alkanes of at least 4 members (excludes halogenated alkanes) is 18. The molecule has 0 aromatic rings. The van der Waals surface area contributed by atoms with E-state index in [0.717, 1.165) is 19.3 Å². The molecular formula is C39H74N4O11. The molecule has 316 valence electrons. The zero-order valence-electron chi connectivity index (χ0n) is 33.1. The summed E-state index contributed by atoms with van der Waals surface area (Å²) >= 11 is 0. The molecule has 2 amide bonds. The predicted molar refractivity (Wildman–Crippen MR) is 205 cm³/mol. The molecule has 0 radical (unpaired) electrons. The molecule has 1 saturated heterocycles. The molecule has 10 N–H and O–H groups in total. The number of hydrogen-bond donors (Lipinski definition) is 8. The van der Waals surface area contributed by atoms with Gasteiger partial charge in [-0.1, -0.05) is 122 Å². The number of aliphatic hydroxyl groups excluding tert-OH is 4. The predicted octanol–water partition coefficient (Wildman–Crippen LogP) is 2.75. The first-order chi connectivity index (χ1) is 25.9. The minimum Gasteiger partial charge on any atom is -0.394 e. The third-order valence-corrected chi connectivity index (χ3v) is 9.97. The number of rotatable bonds is 33. The van der Waals surface area contributed by atoms with Gasteiger partial charge in [-0.05, 0) is 19.8 Å². The van der Waals surface area contributed by atoms with E-state index in [9.17, 15) is 39.6 Å². The van der Waals surface area contributed by atoms with Crippen molar-refractivity contribution in [3.63, 3.8) is 0 Å². The zero-order chi connectivity index (χ0) is 40.1. The number of amides is 2. The highest BCUT2D eigenvalue weighted by Gasteiger charge is 2.44. The Morgan fingerprint density at radius 1 is 0.741 bits per heavy atom. The highest BCUT2D eigenvalue weighted by Crippen LogP contribution is 2.22. The summed E-state index contributed by atoms with van der Waals surface area (Å²) in [7, 11) is 0. The third kappa shape index (κ3) is 22.3. The van der Waals surface area contributed by atoms with Crippen LogP contribution in [0.2, 0.25) is 0 Å². The Kier molecular flexibility index (Phi) is 28.5. The first-order valence-electron chi connectivity index (χ1n) is 20.7. The molecular weight excluding hydrogens is 700 g/mol. The van der Waals surface area contributed by atoms with Crippen molar-refractivity contribution in [2.24, 2.45) is 11.5 Å². The average molecular weight is 775 g/mol. The van der Waals surface area contributed by atoms with Crippen LogP contribution in [-0.4, -0.2) is 113 Å². The summed E-state index contributed by atoms with van der Waals surface area (Å²) < 4.78 is 15.7. The molecule has 15 heteroatoms. The SMILES string of the molecule is CCCCCCCCCCCCCCCCCCCCCC(=O)OC(=O)CC[C@@H](NC(=O)[C@H](CO)NCC(C)O[C@@H]1[C@@H](N)[C@@H](O)O[C@H](CO)[C@H]1O)C(N)=O. The number of esters is 2. The van der Waals surface area contributed by atoms with Gasteiger partial charge in [-0.3, -0.25) is 19.2 Å². The third-order valence-electron chi connectivity index (χ3n) is 9.97. The van der Waals surface area contributed by atoms with Crippen molar-refractivity contribution in [2.45, 2.75) is 204 Å². The number of nitrogens with one attached hydrogen (secondary N) is 2. The molecule has 0 aromatic heterocycles.